The van der Waals surface area contributed by atoms with E-state index in [0.29, 0.717) is 11.0 Å². The maximum atomic E-state index is 12.7. The fraction of sp³-hybridized carbons (Fsp3) is 0.167. The molecule has 2 aromatic heterocycles. The summed E-state index contributed by atoms with van der Waals surface area (Å²) in [6.45, 7) is 0. The third-order valence-electron chi connectivity index (χ3n) is 4.32. The van der Waals surface area contributed by atoms with E-state index in [1.54, 1.807) is 35.3 Å². The molecule has 2 heterocycles. The summed E-state index contributed by atoms with van der Waals surface area (Å²) >= 11 is 5.90. The Morgan fingerprint density at radius 1 is 1.17 bits per heavy atom. The van der Waals surface area contributed by atoms with E-state index in [0.717, 1.165) is 24.1 Å². The molecule has 0 saturated heterocycles. The number of benzene rings is 1. The average Bonchev–Trinajstić information content (AvgIpc) is 3.29. The van der Waals surface area contributed by atoms with Crippen LogP contribution in [0.25, 0.3) is 5.69 Å². The van der Waals surface area contributed by atoms with Gasteiger partial charge in [0.2, 0.25) is 5.91 Å². The first-order valence-corrected chi connectivity index (χ1v) is 8.10. The summed E-state index contributed by atoms with van der Waals surface area (Å²) in [6, 6.07) is 15.2. The number of nitrogens with zero attached hydrogens (tertiary/aromatic N) is 3. The molecule has 4 rings (SSSR count). The number of aromatic nitrogens is 3. The Morgan fingerprint density at radius 3 is 2.67 bits per heavy atom. The van der Waals surface area contributed by atoms with Gasteiger partial charge in [-0.25, -0.2) is 9.67 Å². The van der Waals surface area contributed by atoms with Crippen LogP contribution in [0.2, 0.25) is 5.15 Å². The van der Waals surface area contributed by atoms with E-state index in [1.165, 1.54) is 0 Å². The Morgan fingerprint density at radius 2 is 1.96 bits per heavy atom. The van der Waals surface area contributed by atoms with Gasteiger partial charge in [-0.3, -0.25) is 4.79 Å². The Hall–Kier alpha value is -2.66. The Bertz CT molecular complexity index is 887. The number of halogens is 1. The van der Waals surface area contributed by atoms with Crippen LogP contribution in [0.5, 0.6) is 0 Å². The van der Waals surface area contributed by atoms with Crippen LogP contribution >= 0.6 is 11.6 Å². The van der Waals surface area contributed by atoms with Crippen LogP contribution in [0.4, 0.5) is 5.82 Å². The molecule has 0 aliphatic heterocycles. The molecule has 0 atom stereocenters. The van der Waals surface area contributed by atoms with E-state index in [2.05, 4.69) is 15.4 Å². The highest BCUT2D eigenvalue weighted by Crippen LogP contribution is 2.48. The van der Waals surface area contributed by atoms with Gasteiger partial charge >= 0.3 is 0 Å². The molecule has 120 valence electrons. The summed E-state index contributed by atoms with van der Waals surface area (Å²) in [5.41, 5.74) is 1.44. The second-order valence-electron chi connectivity index (χ2n) is 5.88. The molecule has 1 aliphatic carbocycles. The van der Waals surface area contributed by atoms with Crippen molar-refractivity contribution in [2.24, 2.45) is 0 Å². The van der Waals surface area contributed by atoms with Crippen molar-refractivity contribution in [3.8, 4) is 5.69 Å². The maximum absolute atomic E-state index is 12.7. The van der Waals surface area contributed by atoms with Gasteiger partial charge in [-0.05, 0) is 24.5 Å². The van der Waals surface area contributed by atoms with Crippen LogP contribution in [0.1, 0.15) is 18.4 Å². The summed E-state index contributed by atoms with van der Waals surface area (Å²) in [4.78, 5) is 16.7. The predicted octanol–water partition coefficient (Wildman–Crippen LogP) is 3.59. The highest BCUT2D eigenvalue weighted by atomic mass is 35.5. The lowest BCUT2D eigenvalue weighted by Gasteiger charge is -2.14. The fourth-order valence-electron chi connectivity index (χ4n) is 2.83. The van der Waals surface area contributed by atoms with Gasteiger partial charge in [0.25, 0.3) is 0 Å². The SMILES string of the molecule is O=C(Nc1ccn(-c2ccnc(Cl)c2)n1)C1(c2ccccc2)CC1. The van der Waals surface area contributed by atoms with E-state index < -0.39 is 5.41 Å². The molecule has 24 heavy (non-hydrogen) atoms. The summed E-state index contributed by atoms with van der Waals surface area (Å²) in [5.74, 6) is 0.516. The number of hydrogen-bond acceptors (Lipinski definition) is 3. The van der Waals surface area contributed by atoms with Crippen molar-refractivity contribution < 1.29 is 4.79 Å². The van der Waals surface area contributed by atoms with Gasteiger partial charge < -0.3 is 5.32 Å². The van der Waals surface area contributed by atoms with Crippen LogP contribution in [-0.2, 0) is 10.2 Å². The molecule has 0 bridgehead atoms. The summed E-state index contributed by atoms with van der Waals surface area (Å²) in [7, 11) is 0. The number of nitrogens with one attached hydrogen (secondary N) is 1. The maximum Gasteiger partial charge on any atom is 0.236 e. The van der Waals surface area contributed by atoms with Crippen LogP contribution in [0, 0.1) is 0 Å². The number of carbonyl (C=O) groups excluding carboxylic acids is 1. The molecule has 1 aliphatic rings. The third kappa shape index (κ3) is 2.67. The zero-order chi connectivity index (χ0) is 16.6. The number of pyridine rings is 1. The Kier molecular flexibility index (Phi) is 3.58. The minimum Gasteiger partial charge on any atom is -0.308 e. The third-order valence-corrected chi connectivity index (χ3v) is 4.52. The highest BCUT2D eigenvalue weighted by Gasteiger charge is 2.51. The van der Waals surface area contributed by atoms with Crippen LogP contribution < -0.4 is 5.32 Å². The summed E-state index contributed by atoms with van der Waals surface area (Å²) in [5, 5.41) is 7.72. The lowest BCUT2D eigenvalue weighted by molar-refractivity contribution is -0.118. The van der Waals surface area contributed by atoms with E-state index in [1.807, 2.05) is 30.3 Å². The second kappa shape index (κ2) is 5.76. The first kappa shape index (κ1) is 14.9. The van der Waals surface area contributed by atoms with Gasteiger partial charge in [0.15, 0.2) is 5.82 Å². The van der Waals surface area contributed by atoms with E-state index in [4.69, 9.17) is 11.6 Å². The van der Waals surface area contributed by atoms with Gasteiger partial charge in [0.1, 0.15) is 5.15 Å². The molecule has 0 spiro atoms. The topological polar surface area (TPSA) is 59.8 Å². The molecule has 3 aromatic rings. The first-order valence-electron chi connectivity index (χ1n) is 7.72. The average molecular weight is 339 g/mol. The van der Waals surface area contributed by atoms with Crippen LogP contribution in [-0.4, -0.2) is 20.7 Å². The first-order chi connectivity index (χ1) is 11.7. The van der Waals surface area contributed by atoms with E-state index in [-0.39, 0.29) is 5.91 Å². The smallest absolute Gasteiger partial charge is 0.236 e. The Balaban J connectivity index is 1.53. The highest BCUT2D eigenvalue weighted by molar-refractivity contribution is 6.29. The quantitative estimate of drug-likeness (QED) is 0.739. The largest absolute Gasteiger partial charge is 0.308 e. The molecular formula is C18H15ClN4O. The molecule has 0 radical (unpaired) electrons. The second-order valence-corrected chi connectivity index (χ2v) is 6.27. The van der Waals surface area contributed by atoms with E-state index >= 15 is 0 Å². The number of anilines is 1. The van der Waals surface area contributed by atoms with Gasteiger partial charge in [0.05, 0.1) is 11.1 Å². The van der Waals surface area contributed by atoms with Crippen molar-refractivity contribution in [2.45, 2.75) is 18.3 Å². The molecule has 1 amide bonds. The van der Waals surface area contributed by atoms with Gasteiger partial charge in [-0.1, -0.05) is 41.9 Å². The van der Waals surface area contributed by atoms with E-state index in [9.17, 15) is 4.79 Å². The minimum absolute atomic E-state index is 0.00768. The normalized spacial score (nSPS) is 15.0. The monoisotopic (exact) mass is 338 g/mol. The molecule has 1 saturated carbocycles. The fourth-order valence-corrected chi connectivity index (χ4v) is 3.00. The van der Waals surface area contributed by atoms with Crippen LogP contribution in [0.15, 0.2) is 60.9 Å². The number of carbonyl (C=O) groups is 1. The van der Waals surface area contributed by atoms with Gasteiger partial charge in [-0.2, -0.15) is 5.10 Å². The zero-order valence-corrected chi connectivity index (χ0v) is 13.6. The van der Waals surface area contributed by atoms with Gasteiger partial charge in [-0.15, -0.1) is 0 Å². The molecular weight excluding hydrogens is 324 g/mol. The molecule has 0 unspecified atom stereocenters. The lowest BCUT2D eigenvalue weighted by Crippen LogP contribution is -2.28. The van der Waals surface area contributed by atoms with Crippen molar-refractivity contribution >= 4 is 23.3 Å². The number of rotatable bonds is 4. The van der Waals surface area contributed by atoms with Crippen molar-refractivity contribution in [3.63, 3.8) is 0 Å². The van der Waals surface area contributed by atoms with Crippen molar-refractivity contribution in [2.75, 3.05) is 5.32 Å². The summed E-state index contributed by atoms with van der Waals surface area (Å²) < 4.78 is 1.66. The predicted molar refractivity (Wildman–Crippen MR) is 92.4 cm³/mol. The zero-order valence-electron chi connectivity index (χ0n) is 12.8. The Labute approximate surface area is 144 Å². The lowest BCUT2D eigenvalue weighted by atomic mass is 9.95. The van der Waals surface area contributed by atoms with Crippen LogP contribution in [0.3, 0.4) is 0 Å². The van der Waals surface area contributed by atoms with Crippen molar-refractivity contribution in [3.05, 3.63) is 71.6 Å². The molecule has 6 heteroatoms. The standard InChI is InChI=1S/C18H15ClN4O/c19-15-12-14(6-10-20-15)23-11-7-16(22-23)21-17(24)18(8-9-18)13-4-2-1-3-5-13/h1-7,10-12H,8-9H2,(H,21,22,24). The molecule has 1 aromatic carbocycles. The van der Waals surface area contributed by atoms with Crippen molar-refractivity contribution in [1.29, 1.82) is 0 Å². The molecule has 1 N–H and O–H groups in total. The van der Waals surface area contributed by atoms with Gasteiger partial charge in [0, 0.05) is 24.5 Å². The minimum atomic E-state index is -0.412. The molecule has 5 nitrogen and oxygen atoms in total. The summed E-state index contributed by atoms with van der Waals surface area (Å²) in [6.07, 6.45) is 5.13. The number of hydrogen-bond donors (Lipinski definition) is 1. The molecule has 1 fully saturated rings. The van der Waals surface area contributed by atoms with Crippen molar-refractivity contribution in [1.82, 2.24) is 14.8 Å². The number of amides is 1.